The molecule has 0 radical (unpaired) electrons. The van der Waals surface area contributed by atoms with Crippen molar-refractivity contribution in [2.75, 3.05) is 33.4 Å². The summed E-state index contributed by atoms with van der Waals surface area (Å²) in [5, 5.41) is 0. The number of methoxy groups -OCH3 is 1. The number of para-hydroxylation sites is 1. The van der Waals surface area contributed by atoms with Crippen molar-refractivity contribution in [1.29, 1.82) is 0 Å². The molecule has 0 N–H and O–H groups in total. The number of carbonyl (C=O) groups excluding carboxylic acids is 1. The molecule has 2 aromatic rings. The maximum atomic E-state index is 13.5. The van der Waals surface area contributed by atoms with E-state index in [1.807, 2.05) is 41.3 Å². The van der Waals surface area contributed by atoms with Gasteiger partial charge < -0.3 is 14.4 Å². The van der Waals surface area contributed by atoms with Gasteiger partial charge >= 0.3 is 0 Å². The topological polar surface area (TPSA) is 42.0 Å². The first kappa shape index (κ1) is 22.7. The Morgan fingerprint density at radius 1 is 1.00 bits per heavy atom. The lowest BCUT2D eigenvalue weighted by molar-refractivity contribution is -0.0155. The van der Waals surface area contributed by atoms with Crippen LogP contribution < -0.4 is 4.74 Å². The van der Waals surface area contributed by atoms with Crippen molar-refractivity contribution in [1.82, 2.24) is 9.80 Å². The molecule has 2 aliphatic rings. The van der Waals surface area contributed by atoms with Gasteiger partial charge in [0.1, 0.15) is 18.2 Å². The van der Waals surface area contributed by atoms with Gasteiger partial charge in [-0.1, -0.05) is 30.7 Å². The summed E-state index contributed by atoms with van der Waals surface area (Å²) >= 11 is 0. The summed E-state index contributed by atoms with van der Waals surface area (Å²) in [6.07, 6.45) is 4.99. The van der Waals surface area contributed by atoms with Crippen LogP contribution in [0.1, 0.15) is 48.0 Å². The zero-order valence-electron chi connectivity index (χ0n) is 18.8. The van der Waals surface area contributed by atoms with Crippen LogP contribution in [0.3, 0.4) is 0 Å². The number of ether oxygens (including phenoxy) is 2. The lowest BCUT2D eigenvalue weighted by atomic mass is 9.93. The van der Waals surface area contributed by atoms with Gasteiger partial charge in [-0.15, -0.1) is 0 Å². The minimum Gasteiger partial charge on any atom is -0.491 e. The van der Waals surface area contributed by atoms with Gasteiger partial charge in [0.2, 0.25) is 0 Å². The predicted molar refractivity (Wildman–Crippen MR) is 122 cm³/mol. The molecule has 2 aromatic carbocycles. The van der Waals surface area contributed by atoms with E-state index in [0.717, 1.165) is 63.8 Å². The minimum atomic E-state index is -0.215. The monoisotopic (exact) mass is 440 g/mol. The third kappa shape index (κ3) is 5.48. The molecule has 0 unspecified atom stereocenters. The third-order valence-corrected chi connectivity index (χ3v) is 6.61. The summed E-state index contributed by atoms with van der Waals surface area (Å²) in [4.78, 5) is 17.9. The Balaban J connectivity index is 1.55. The number of fused-ring (bicyclic) bond motifs is 2. The molecule has 2 heterocycles. The lowest BCUT2D eigenvalue weighted by Crippen LogP contribution is -2.51. The van der Waals surface area contributed by atoms with E-state index in [2.05, 4.69) is 4.90 Å². The smallest absolute Gasteiger partial charge is 0.257 e. The van der Waals surface area contributed by atoms with Crippen molar-refractivity contribution < 1.29 is 18.7 Å². The molecular formula is C26H33FN2O3. The van der Waals surface area contributed by atoms with Crippen LogP contribution in [0, 0.1) is 5.82 Å². The van der Waals surface area contributed by atoms with E-state index in [-0.39, 0.29) is 23.9 Å². The molecule has 0 bridgehead atoms. The molecule has 0 aliphatic carbocycles. The van der Waals surface area contributed by atoms with Crippen molar-refractivity contribution in [3.05, 3.63) is 65.5 Å². The van der Waals surface area contributed by atoms with Crippen molar-refractivity contribution in [3.63, 3.8) is 0 Å². The largest absolute Gasteiger partial charge is 0.491 e. The second-order valence-corrected chi connectivity index (χ2v) is 8.73. The Morgan fingerprint density at radius 2 is 1.81 bits per heavy atom. The normalized spacial score (nSPS) is 23.2. The maximum Gasteiger partial charge on any atom is 0.257 e. The van der Waals surface area contributed by atoms with Crippen LogP contribution >= 0.6 is 0 Å². The van der Waals surface area contributed by atoms with E-state index in [4.69, 9.17) is 9.47 Å². The first-order valence-electron chi connectivity index (χ1n) is 11.7. The van der Waals surface area contributed by atoms with Crippen LogP contribution in [0.4, 0.5) is 4.39 Å². The number of amides is 1. The number of benzene rings is 2. The van der Waals surface area contributed by atoms with Crippen LogP contribution in [0.15, 0.2) is 48.5 Å². The van der Waals surface area contributed by atoms with E-state index < -0.39 is 0 Å². The molecule has 32 heavy (non-hydrogen) atoms. The molecule has 0 aromatic heterocycles. The van der Waals surface area contributed by atoms with Gasteiger partial charge in [0.25, 0.3) is 5.91 Å². The first-order chi connectivity index (χ1) is 15.7. The van der Waals surface area contributed by atoms with Crippen LogP contribution in [-0.4, -0.2) is 61.2 Å². The molecule has 1 saturated heterocycles. The van der Waals surface area contributed by atoms with Crippen molar-refractivity contribution in [3.8, 4) is 5.75 Å². The van der Waals surface area contributed by atoms with Gasteiger partial charge in [0.05, 0.1) is 17.7 Å². The fourth-order valence-corrected chi connectivity index (χ4v) is 4.91. The highest BCUT2D eigenvalue weighted by Gasteiger charge is 2.35. The average molecular weight is 441 g/mol. The number of carbonyl (C=O) groups is 1. The zero-order valence-corrected chi connectivity index (χ0v) is 18.8. The molecular weight excluding hydrogens is 407 g/mol. The quantitative estimate of drug-likeness (QED) is 0.704. The van der Waals surface area contributed by atoms with Crippen LogP contribution in [0.2, 0.25) is 0 Å². The van der Waals surface area contributed by atoms with Gasteiger partial charge in [-0.2, -0.15) is 0 Å². The molecule has 1 fully saturated rings. The van der Waals surface area contributed by atoms with E-state index in [1.54, 1.807) is 7.11 Å². The fraction of sp³-hybridized carbons (Fsp3) is 0.500. The highest BCUT2D eigenvalue weighted by Crippen LogP contribution is 2.29. The summed E-state index contributed by atoms with van der Waals surface area (Å²) in [5.74, 6) is 0.458. The van der Waals surface area contributed by atoms with Crippen molar-refractivity contribution in [2.45, 2.75) is 50.8 Å². The lowest BCUT2D eigenvalue weighted by Gasteiger charge is -2.41. The Hall–Kier alpha value is -2.44. The SMILES string of the molecule is CO[C@@H]1CCCN2C(=O)c3ccccc3OCCN(Cc3ccc(F)cc3)CCCC[C@H]12. The Morgan fingerprint density at radius 3 is 2.62 bits per heavy atom. The van der Waals surface area contributed by atoms with Gasteiger partial charge in [-0.25, -0.2) is 4.39 Å². The highest BCUT2D eigenvalue weighted by atomic mass is 19.1. The second-order valence-electron chi connectivity index (χ2n) is 8.73. The molecule has 2 aliphatic heterocycles. The van der Waals surface area contributed by atoms with Crippen LogP contribution in [0.5, 0.6) is 5.75 Å². The molecule has 6 heteroatoms. The molecule has 5 nitrogen and oxygen atoms in total. The van der Waals surface area contributed by atoms with Crippen LogP contribution in [-0.2, 0) is 11.3 Å². The van der Waals surface area contributed by atoms with Crippen LogP contribution in [0.25, 0.3) is 0 Å². The van der Waals surface area contributed by atoms with E-state index in [1.165, 1.54) is 12.1 Å². The molecule has 4 rings (SSSR count). The number of piperidine rings is 1. The number of nitrogens with zero attached hydrogens (tertiary/aromatic N) is 2. The van der Waals surface area contributed by atoms with Gasteiger partial charge in [-0.05, 0) is 62.1 Å². The van der Waals surface area contributed by atoms with Crippen molar-refractivity contribution in [2.24, 2.45) is 0 Å². The number of halogens is 1. The summed E-state index contributed by atoms with van der Waals surface area (Å²) in [7, 11) is 1.75. The second kappa shape index (κ2) is 10.9. The average Bonchev–Trinajstić information content (AvgIpc) is 2.83. The summed E-state index contributed by atoms with van der Waals surface area (Å²) in [6.45, 7) is 3.68. The fourth-order valence-electron chi connectivity index (χ4n) is 4.91. The standard InChI is InChI=1S/C26H33FN2O3/c1-31-25-10-6-16-29-23(25)8-4-5-15-28(19-20-11-13-21(27)14-12-20)17-18-32-24-9-3-2-7-22(24)26(29)30/h2-3,7,9,11-14,23,25H,4-6,8,10,15-19H2,1H3/t23-,25-/m1/s1. The van der Waals surface area contributed by atoms with E-state index >= 15 is 0 Å². The third-order valence-electron chi connectivity index (χ3n) is 6.61. The number of hydrogen-bond acceptors (Lipinski definition) is 4. The Bertz CT molecular complexity index is 889. The summed E-state index contributed by atoms with van der Waals surface area (Å²) in [5.41, 5.74) is 1.71. The molecule has 172 valence electrons. The number of rotatable bonds is 3. The Kier molecular flexibility index (Phi) is 7.76. The zero-order chi connectivity index (χ0) is 22.3. The molecule has 1 amide bonds. The van der Waals surface area contributed by atoms with E-state index in [9.17, 15) is 9.18 Å². The maximum absolute atomic E-state index is 13.5. The van der Waals surface area contributed by atoms with Gasteiger partial charge in [0, 0.05) is 26.7 Å². The van der Waals surface area contributed by atoms with Gasteiger partial charge in [-0.3, -0.25) is 9.69 Å². The van der Waals surface area contributed by atoms with Gasteiger partial charge in [0.15, 0.2) is 0 Å². The molecule has 2 atom stereocenters. The Labute approximate surface area is 190 Å². The number of hydrogen-bond donors (Lipinski definition) is 0. The first-order valence-corrected chi connectivity index (χ1v) is 11.7. The molecule has 0 spiro atoms. The molecule has 0 saturated carbocycles. The highest BCUT2D eigenvalue weighted by molar-refractivity contribution is 5.97. The minimum absolute atomic E-state index is 0.0368. The predicted octanol–water partition coefficient (Wildman–Crippen LogP) is 4.51. The van der Waals surface area contributed by atoms with E-state index in [0.29, 0.717) is 17.9 Å². The van der Waals surface area contributed by atoms with Crippen molar-refractivity contribution >= 4 is 5.91 Å². The summed E-state index contributed by atoms with van der Waals surface area (Å²) < 4.78 is 25.2. The summed E-state index contributed by atoms with van der Waals surface area (Å²) in [6, 6.07) is 14.3.